The minimum Gasteiger partial charge on any atom is -0.404 e. The van der Waals surface area contributed by atoms with E-state index in [1.54, 1.807) is 18.5 Å². The number of benzene rings is 1. The smallest absolute Gasteiger partial charge is 0.0922 e. The lowest BCUT2D eigenvalue weighted by Crippen LogP contribution is -2.25. The zero-order chi connectivity index (χ0) is 16.1. The summed E-state index contributed by atoms with van der Waals surface area (Å²) in [4.78, 5) is 13.5. The Morgan fingerprint density at radius 1 is 1.30 bits per heavy atom. The van der Waals surface area contributed by atoms with E-state index in [1.165, 1.54) is 6.20 Å². The Bertz CT molecular complexity index is 823. The second kappa shape index (κ2) is 6.84. The Kier molecular flexibility index (Phi) is 4.44. The Morgan fingerprint density at radius 3 is 2.83 bits per heavy atom. The molecule has 0 spiro atoms. The van der Waals surface area contributed by atoms with Crippen molar-refractivity contribution in [1.29, 1.82) is 5.26 Å². The lowest BCUT2D eigenvalue weighted by atomic mass is 9.80. The summed E-state index contributed by atoms with van der Waals surface area (Å²) in [5.74, 6) is 0.461. The van der Waals surface area contributed by atoms with Crippen LogP contribution in [0.4, 0.5) is 0 Å². The maximum Gasteiger partial charge on any atom is 0.0922 e. The average Bonchev–Trinajstić information content (AvgIpc) is 2.56. The van der Waals surface area contributed by atoms with Crippen molar-refractivity contribution in [2.45, 2.75) is 18.9 Å². The van der Waals surface area contributed by atoms with E-state index in [9.17, 15) is 0 Å². The van der Waals surface area contributed by atoms with Crippen LogP contribution in [0.3, 0.4) is 0 Å². The maximum absolute atomic E-state index is 8.51. The first-order valence-corrected chi connectivity index (χ1v) is 7.53. The summed E-state index contributed by atoms with van der Waals surface area (Å²) in [5, 5.41) is 8.51. The molecule has 114 valence electrons. The van der Waals surface area contributed by atoms with Crippen LogP contribution in [-0.4, -0.2) is 22.2 Å². The number of hydrogen-bond acceptors (Lipinski definition) is 5. The summed E-state index contributed by atoms with van der Waals surface area (Å²) in [6.07, 6.45) is 10.4. The molecule has 23 heavy (non-hydrogen) atoms. The van der Waals surface area contributed by atoms with Crippen LogP contribution >= 0.6 is 0 Å². The Hall–Kier alpha value is -3.00. The highest BCUT2D eigenvalue weighted by atomic mass is 14.8. The summed E-state index contributed by atoms with van der Waals surface area (Å²) < 4.78 is 0. The fourth-order valence-corrected chi connectivity index (χ4v) is 2.56. The molecule has 0 unspecified atom stereocenters. The topological polar surface area (TPSA) is 88.0 Å². The van der Waals surface area contributed by atoms with Gasteiger partial charge in [0.15, 0.2) is 0 Å². The second-order valence-electron chi connectivity index (χ2n) is 5.52. The number of allylic oxidation sites excluding steroid dienone is 3. The van der Waals surface area contributed by atoms with Gasteiger partial charge in [0.25, 0.3) is 0 Å². The molecule has 1 saturated carbocycles. The molecular formula is C18H17N5. The number of hydrogen-bond donors (Lipinski definition) is 1. The number of rotatable bonds is 4. The highest BCUT2D eigenvalue weighted by Crippen LogP contribution is 2.31. The van der Waals surface area contributed by atoms with Crippen molar-refractivity contribution in [3.05, 3.63) is 54.5 Å². The quantitative estimate of drug-likeness (QED) is 0.695. The van der Waals surface area contributed by atoms with Gasteiger partial charge in [-0.1, -0.05) is 18.2 Å². The third kappa shape index (κ3) is 3.43. The molecule has 0 radical (unpaired) electrons. The predicted octanol–water partition coefficient (Wildman–Crippen LogP) is 2.86. The molecule has 0 bridgehead atoms. The molecule has 5 nitrogen and oxygen atoms in total. The van der Waals surface area contributed by atoms with Gasteiger partial charge in [-0.25, -0.2) is 4.98 Å². The van der Waals surface area contributed by atoms with Crippen LogP contribution in [-0.2, 0) is 0 Å². The zero-order valence-corrected chi connectivity index (χ0v) is 12.6. The van der Waals surface area contributed by atoms with Gasteiger partial charge >= 0.3 is 0 Å². The van der Waals surface area contributed by atoms with Gasteiger partial charge in [0, 0.05) is 24.1 Å². The minimum absolute atomic E-state index is 0.284. The summed E-state index contributed by atoms with van der Waals surface area (Å²) in [6.45, 7) is 0. The average molecular weight is 303 g/mol. The number of nitrogens with two attached hydrogens (primary N) is 1. The van der Waals surface area contributed by atoms with Gasteiger partial charge in [-0.15, -0.1) is 0 Å². The van der Waals surface area contributed by atoms with E-state index in [2.05, 4.69) is 15.0 Å². The Labute approximate surface area is 134 Å². The first kappa shape index (κ1) is 14.9. The SMILES string of the molecule is N#C/C=C/C1CC(N=CC(=CN)c2cnc3ccccc3n2)C1. The van der Waals surface area contributed by atoms with Crippen LogP contribution < -0.4 is 5.73 Å². The van der Waals surface area contributed by atoms with E-state index in [-0.39, 0.29) is 6.04 Å². The first-order chi connectivity index (χ1) is 11.3. The number of nitriles is 1. The molecule has 1 heterocycles. The molecule has 2 aromatic rings. The van der Waals surface area contributed by atoms with Crippen molar-refractivity contribution < 1.29 is 0 Å². The van der Waals surface area contributed by atoms with E-state index < -0.39 is 0 Å². The van der Waals surface area contributed by atoms with Crippen LogP contribution in [0.2, 0.25) is 0 Å². The summed E-state index contributed by atoms with van der Waals surface area (Å²) in [7, 11) is 0. The molecule has 5 heteroatoms. The highest BCUT2D eigenvalue weighted by molar-refractivity contribution is 6.09. The molecule has 2 N–H and O–H groups in total. The molecule has 0 aliphatic heterocycles. The molecule has 1 aromatic carbocycles. The van der Waals surface area contributed by atoms with Crippen molar-refractivity contribution in [2.75, 3.05) is 0 Å². The van der Waals surface area contributed by atoms with Crippen LogP contribution in [0.15, 0.2) is 53.8 Å². The van der Waals surface area contributed by atoms with Gasteiger partial charge in [0.05, 0.1) is 35.0 Å². The van der Waals surface area contributed by atoms with Crippen LogP contribution in [0.1, 0.15) is 18.5 Å². The maximum atomic E-state index is 8.51. The molecule has 1 aliphatic rings. The fourth-order valence-electron chi connectivity index (χ4n) is 2.56. The summed E-state index contributed by atoms with van der Waals surface area (Å²) in [6, 6.07) is 10.0. The van der Waals surface area contributed by atoms with Gasteiger partial charge in [-0.05, 0) is 30.9 Å². The number of aliphatic imine (C=N–C) groups is 1. The van der Waals surface area contributed by atoms with Crippen molar-refractivity contribution in [3.8, 4) is 6.07 Å². The third-order valence-corrected chi connectivity index (χ3v) is 3.94. The Balaban J connectivity index is 1.69. The molecule has 3 rings (SSSR count). The van der Waals surface area contributed by atoms with Crippen molar-refractivity contribution in [2.24, 2.45) is 16.6 Å². The lowest BCUT2D eigenvalue weighted by molar-refractivity contribution is 0.327. The monoisotopic (exact) mass is 303 g/mol. The highest BCUT2D eigenvalue weighted by Gasteiger charge is 2.26. The lowest BCUT2D eigenvalue weighted by Gasteiger charge is -2.29. The number of aromatic nitrogens is 2. The molecule has 1 aliphatic carbocycles. The van der Waals surface area contributed by atoms with Crippen LogP contribution in [0.5, 0.6) is 0 Å². The number of para-hydroxylation sites is 2. The van der Waals surface area contributed by atoms with E-state index in [4.69, 9.17) is 11.0 Å². The van der Waals surface area contributed by atoms with Gasteiger partial charge in [0.1, 0.15) is 0 Å². The van der Waals surface area contributed by atoms with Crippen molar-refractivity contribution >= 4 is 22.8 Å². The van der Waals surface area contributed by atoms with Crippen LogP contribution in [0, 0.1) is 17.2 Å². The van der Waals surface area contributed by atoms with Crippen LogP contribution in [0.25, 0.3) is 16.6 Å². The van der Waals surface area contributed by atoms with E-state index in [1.807, 2.05) is 36.4 Å². The van der Waals surface area contributed by atoms with Crippen molar-refractivity contribution in [3.63, 3.8) is 0 Å². The largest absolute Gasteiger partial charge is 0.404 e. The van der Waals surface area contributed by atoms with Gasteiger partial charge in [-0.3, -0.25) is 9.98 Å². The van der Waals surface area contributed by atoms with E-state index in [0.29, 0.717) is 5.92 Å². The number of nitrogens with zero attached hydrogens (tertiary/aromatic N) is 4. The molecule has 0 atom stereocenters. The summed E-state index contributed by atoms with van der Waals surface area (Å²) >= 11 is 0. The minimum atomic E-state index is 0.284. The molecular weight excluding hydrogens is 286 g/mol. The number of fused-ring (bicyclic) bond motifs is 1. The molecule has 1 fully saturated rings. The summed E-state index contributed by atoms with van der Waals surface area (Å²) in [5.41, 5.74) is 8.89. The molecule has 0 amide bonds. The van der Waals surface area contributed by atoms with Gasteiger partial charge in [-0.2, -0.15) is 5.26 Å². The van der Waals surface area contributed by atoms with E-state index in [0.717, 1.165) is 35.1 Å². The normalized spacial score (nSPS) is 21.6. The first-order valence-electron chi connectivity index (χ1n) is 7.53. The van der Waals surface area contributed by atoms with Gasteiger partial charge in [0.2, 0.25) is 0 Å². The zero-order valence-electron chi connectivity index (χ0n) is 12.6. The predicted molar refractivity (Wildman–Crippen MR) is 91.5 cm³/mol. The third-order valence-electron chi connectivity index (χ3n) is 3.94. The van der Waals surface area contributed by atoms with Crippen molar-refractivity contribution in [1.82, 2.24) is 9.97 Å². The van der Waals surface area contributed by atoms with E-state index >= 15 is 0 Å². The fraction of sp³-hybridized carbons (Fsp3) is 0.222. The molecule has 0 saturated heterocycles. The Morgan fingerprint density at radius 2 is 2.09 bits per heavy atom. The second-order valence-corrected chi connectivity index (χ2v) is 5.52. The van der Waals surface area contributed by atoms with Gasteiger partial charge < -0.3 is 5.73 Å². The molecule has 1 aromatic heterocycles. The standard InChI is InChI=1S/C18H17N5/c19-7-3-4-13-8-15(9-13)21-11-14(10-20)18-12-22-16-5-1-2-6-17(16)23-18/h1-6,10-13,15H,8-9,20H2/b4-3+,14-10?,21-11?.